The van der Waals surface area contributed by atoms with E-state index in [1.54, 1.807) is 36.5 Å². The average Bonchev–Trinajstić information content (AvgIpc) is 3.67. The molecule has 8 heteroatoms. The molecule has 1 saturated carbocycles. The van der Waals surface area contributed by atoms with Crippen LogP contribution in [0, 0.1) is 30.0 Å². The van der Waals surface area contributed by atoms with Crippen molar-refractivity contribution in [2.45, 2.75) is 32.3 Å². The number of anilines is 2. The molecule has 2 amide bonds. The van der Waals surface area contributed by atoms with Gasteiger partial charge in [-0.15, -0.1) is 0 Å². The number of hydrogen-bond acceptors (Lipinski definition) is 4. The van der Waals surface area contributed by atoms with Crippen LogP contribution in [0.1, 0.15) is 36.5 Å². The summed E-state index contributed by atoms with van der Waals surface area (Å²) in [6.45, 7) is 1.95. The highest BCUT2D eigenvalue weighted by atomic mass is 35.5. The minimum atomic E-state index is -1.17. The van der Waals surface area contributed by atoms with Crippen molar-refractivity contribution in [3.05, 3.63) is 82.6 Å². The molecule has 1 heterocycles. The number of carbonyl (C=O) groups is 2. The summed E-state index contributed by atoms with van der Waals surface area (Å²) in [4.78, 5) is 30.2. The molecule has 0 radical (unpaired) electrons. The molecule has 37 heavy (non-hydrogen) atoms. The van der Waals surface area contributed by atoms with Crippen molar-refractivity contribution in [1.82, 2.24) is 0 Å². The number of rotatable bonds is 6. The molecular formula is C29H23ClFN3O3. The van der Waals surface area contributed by atoms with Crippen molar-refractivity contribution < 1.29 is 18.7 Å². The molecular weight excluding hydrogens is 493 g/mol. The van der Waals surface area contributed by atoms with E-state index in [1.807, 2.05) is 19.1 Å². The number of hydrogen-bond donors (Lipinski definition) is 2. The average molecular weight is 516 g/mol. The van der Waals surface area contributed by atoms with Crippen LogP contribution in [-0.2, 0) is 9.59 Å². The van der Waals surface area contributed by atoms with E-state index in [-0.39, 0.29) is 17.3 Å². The molecule has 1 fully saturated rings. The third-order valence-electron chi connectivity index (χ3n) is 6.30. The fraction of sp³-hybridized carbons (Fsp3) is 0.207. The van der Waals surface area contributed by atoms with Gasteiger partial charge in [0.25, 0.3) is 0 Å². The fourth-order valence-corrected chi connectivity index (χ4v) is 4.15. The van der Waals surface area contributed by atoms with Gasteiger partial charge in [-0.05, 0) is 56.2 Å². The number of aryl methyl sites for hydroxylation is 1. The SMILES string of the molecule is Cc1ccc(NC(=O)C2(C(=O)Nc3ccc(O[C@H]4C#CCC=Nc5cc(Cl)ccc54)c(F)c3)CC2)cc1. The van der Waals surface area contributed by atoms with Crippen LogP contribution in [0.5, 0.6) is 5.75 Å². The van der Waals surface area contributed by atoms with Gasteiger partial charge in [-0.25, -0.2) is 4.39 Å². The number of ether oxygens (including phenoxy) is 1. The Morgan fingerprint density at radius 3 is 2.43 bits per heavy atom. The van der Waals surface area contributed by atoms with Crippen molar-refractivity contribution in [3.8, 4) is 17.6 Å². The number of benzene rings is 3. The predicted octanol–water partition coefficient (Wildman–Crippen LogP) is 6.37. The van der Waals surface area contributed by atoms with Crippen LogP contribution in [-0.4, -0.2) is 18.0 Å². The van der Waals surface area contributed by atoms with Gasteiger partial charge >= 0.3 is 0 Å². The van der Waals surface area contributed by atoms with Crippen molar-refractivity contribution in [2.75, 3.05) is 10.6 Å². The van der Waals surface area contributed by atoms with Gasteiger partial charge in [0.2, 0.25) is 11.8 Å². The van der Waals surface area contributed by atoms with E-state index in [0.29, 0.717) is 41.2 Å². The second kappa shape index (κ2) is 10.1. The minimum Gasteiger partial charge on any atom is -0.470 e. The zero-order chi connectivity index (χ0) is 26.0. The second-order valence-electron chi connectivity index (χ2n) is 9.04. The van der Waals surface area contributed by atoms with Crippen LogP contribution < -0.4 is 15.4 Å². The molecule has 3 aromatic carbocycles. The number of aliphatic imine (C=N–C) groups is 1. The van der Waals surface area contributed by atoms with E-state index in [2.05, 4.69) is 27.5 Å². The maximum atomic E-state index is 15.0. The summed E-state index contributed by atoms with van der Waals surface area (Å²) >= 11 is 6.09. The lowest BCUT2D eigenvalue weighted by Gasteiger charge is -2.19. The number of amides is 2. The monoisotopic (exact) mass is 515 g/mol. The molecule has 0 saturated heterocycles. The van der Waals surface area contributed by atoms with Gasteiger partial charge in [0.1, 0.15) is 5.41 Å². The minimum absolute atomic E-state index is 0.0269. The van der Waals surface area contributed by atoms with E-state index >= 15 is 4.39 Å². The molecule has 5 rings (SSSR count). The summed E-state index contributed by atoms with van der Waals surface area (Å²) in [5, 5.41) is 6.00. The van der Waals surface area contributed by atoms with E-state index in [4.69, 9.17) is 16.3 Å². The Bertz CT molecular complexity index is 1470. The highest BCUT2D eigenvalue weighted by Gasteiger charge is 2.56. The van der Waals surface area contributed by atoms with E-state index in [0.717, 1.165) is 5.56 Å². The lowest BCUT2D eigenvalue weighted by molar-refractivity contribution is -0.131. The Kier molecular flexibility index (Phi) is 6.68. The third kappa shape index (κ3) is 5.35. The molecule has 0 spiro atoms. The fourth-order valence-electron chi connectivity index (χ4n) is 3.98. The lowest BCUT2D eigenvalue weighted by atomic mass is 10.0. The predicted molar refractivity (Wildman–Crippen MR) is 142 cm³/mol. The highest BCUT2D eigenvalue weighted by molar-refractivity contribution is 6.30. The van der Waals surface area contributed by atoms with Gasteiger partial charge in [-0.3, -0.25) is 14.6 Å². The molecule has 3 aromatic rings. The quantitative estimate of drug-likeness (QED) is 0.295. The summed E-state index contributed by atoms with van der Waals surface area (Å²) in [5.74, 6) is 4.40. The number of halogens is 2. The first-order valence-electron chi connectivity index (χ1n) is 11.8. The van der Waals surface area contributed by atoms with Gasteiger partial charge < -0.3 is 15.4 Å². The Morgan fingerprint density at radius 2 is 1.73 bits per heavy atom. The number of nitrogens with one attached hydrogen (secondary N) is 2. The Hall–Kier alpha value is -4.15. The number of carbonyl (C=O) groups excluding carboxylic acids is 2. The van der Waals surface area contributed by atoms with Gasteiger partial charge in [0.15, 0.2) is 17.7 Å². The first kappa shape index (κ1) is 24.5. The summed E-state index contributed by atoms with van der Waals surface area (Å²) in [7, 11) is 0. The molecule has 0 aromatic heterocycles. The summed E-state index contributed by atoms with van der Waals surface area (Å²) in [5.41, 5.74) is 2.01. The van der Waals surface area contributed by atoms with Gasteiger partial charge in [0.05, 0.1) is 5.69 Å². The molecule has 1 aliphatic heterocycles. The van der Waals surface area contributed by atoms with Crippen LogP contribution in [0.3, 0.4) is 0 Å². The molecule has 0 bridgehead atoms. The zero-order valence-electron chi connectivity index (χ0n) is 20.0. The summed E-state index contributed by atoms with van der Waals surface area (Å²) in [6, 6.07) is 16.6. The molecule has 1 aliphatic carbocycles. The molecule has 1 atom stereocenters. The first-order chi connectivity index (χ1) is 17.8. The van der Waals surface area contributed by atoms with Gasteiger partial charge in [-0.1, -0.05) is 47.2 Å². The highest BCUT2D eigenvalue weighted by Crippen LogP contribution is 2.47. The molecule has 186 valence electrons. The Morgan fingerprint density at radius 1 is 1.03 bits per heavy atom. The lowest BCUT2D eigenvalue weighted by Crippen LogP contribution is -2.35. The van der Waals surface area contributed by atoms with Crippen LogP contribution in [0.4, 0.5) is 21.5 Å². The molecule has 0 unspecified atom stereocenters. The summed E-state index contributed by atoms with van der Waals surface area (Å²) in [6.07, 6.45) is 2.21. The Balaban J connectivity index is 1.28. The number of fused-ring (bicyclic) bond motifs is 1. The van der Waals surface area contributed by atoms with Gasteiger partial charge in [0, 0.05) is 40.7 Å². The zero-order valence-corrected chi connectivity index (χ0v) is 20.7. The first-order valence-corrected chi connectivity index (χ1v) is 12.2. The summed E-state index contributed by atoms with van der Waals surface area (Å²) < 4.78 is 20.9. The van der Waals surface area contributed by atoms with E-state index in [1.165, 1.54) is 18.2 Å². The Labute approximate surface area is 218 Å². The smallest absolute Gasteiger partial charge is 0.240 e. The normalized spacial score (nSPS) is 16.8. The van der Waals surface area contributed by atoms with Crippen molar-refractivity contribution >= 4 is 46.7 Å². The van der Waals surface area contributed by atoms with Crippen LogP contribution in [0.25, 0.3) is 0 Å². The van der Waals surface area contributed by atoms with Crippen LogP contribution >= 0.6 is 11.6 Å². The third-order valence-corrected chi connectivity index (χ3v) is 6.53. The second-order valence-corrected chi connectivity index (χ2v) is 9.48. The molecule has 6 nitrogen and oxygen atoms in total. The molecule has 2 aliphatic rings. The standard InChI is InChI=1S/C29H23ClFN3O3/c1-18-5-8-20(9-6-18)33-27(35)29(13-14-29)28(36)34-21-10-12-26(23(31)17-21)37-25-4-2-3-15-32-24-16-19(30)7-11-22(24)25/h5-12,15-17,25H,3,13-14H2,1H3,(H,33,35)(H,34,36)/t25-/m0/s1. The van der Waals surface area contributed by atoms with Crippen molar-refractivity contribution in [1.29, 1.82) is 0 Å². The van der Waals surface area contributed by atoms with E-state index in [9.17, 15) is 9.59 Å². The van der Waals surface area contributed by atoms with Crippen LogP contribution in [0.2, 0.25) is 5.02 Å². The maximum Gasteiger partial charge on any atom is 0.240 e. The maximum absolute atomic E-state index is 15.0. The van der Waals surface area contributed by atoms with E-state index < -0.39 is 23.2 Å². The topological polar surface area (TPSA) is 79.8 Å². The van der Waals surface area contributed by atoms with Gasteiger partial charge in [-0.2, -0.15) is 0 Å². The van der Waals surface area contributed by atoms with Crippen molar-refractivity contribution in [2.24, 2.45) is 10.4 Å². The van der Waals surface area contributed by atoms with Crippen LogP contribution in [0.15, 0.2) is 65.7 Å². The largest absolute Gasteiger partial charge is 0.470 e. The van der Waals surface area contributed by atoms with Crippen molar-refractivity contribution in [3.63, 3.8) is 0 Å². The number of nitrogens with zero attached hydrogens (tertiary/aromatic N) is 1. The molecule has 2 N–H and O–H groups in total.